The number of rotatable bonds is 7. The fraction of sp³-hybridized carbons (Fsp3) is 0.750. The Labute approximate surface area is 114 Å². The fourth-order valence-corrected chi connectivity index (χ4v) is 1.76. The summed E-state index contributed by atoms with van der Waals surface area (Å²) in [6, 6.07) is 0. The zero-order valence-corrected chi connectivity index (χ0v) is 12.4. The summed E-state index contributed by atoms with van der Waals surface area (Å²) in [4.78, 5) is 17.0. The maximum atomic E-state index is 9.44. The highest BCUT2D eigenvalue weighted by atomic mass is 16.3. The van der Waals surface area contributed by atoms with Crippen LogP contribution in [-0.4, -0.2) is 59.9 Å². The van der Waals surface area contributed by atoms with Gasteiger partial charge in [0.15, 0.2) is 0 Å². The molecule has 0 radical (unpaired) electrons. The second-order valence-electron chi connectivity index (χ2n) is 4.41. The van der Waals surface area contributed by atoms with Crippen molar-refractivity contribution in [2.75, 3.05) is 48.8 Å². The van der Waals surface area contributed by atoms with Crippen LogP contribution in [0.5, 0.6) is 0 Å². The van der Waals surface area contributed by atoms with Gasteiger partial charge in [-0.25, -0.2) is 0 Å². The molecule has 1 aromatic rings. The molecule has 108 valence electrons. The first-order chi connectivity index (χ1) is 9.01. The molecule has 19 heavy (non-hydrogen) atoms. The number of nitrogens with zero attached hydrogens (tertiary/aromatic N) is 5. The molecule has 0 spiro atoms. The Bertz CT molecular complexity index is 394. The molecule has 0 fully saturated rings. The Kier molecular flexibility index (Phi) is 5.75. The molecule has 0 aliphatic rings. The molecule has 1 unspecified atom stereocenters. The molecule has 2 N–H and O–H groups in total. The highest BCUT2D eigenvalue weighted by molar-refractivity contribution is 5.44. The summed E-state index contributed by atoms with van der Waals surface area (Å²) >= 11 is 0. The van der Waals surface area contributed by atoms with Gasteiger partial charge in [-0.1, -0.05) is 0 Å². The van der Waals surface area contributed by atoms with E-state index in [-0.39, 0.29) is 0 Å². The molecule has 1 heterocycles. The van der Waals surface area contributed by atoms with Crippen LogP contribution in [0, 0.1) is 0 Å². The largest absolute Gasteiger partial charge is 0.392 e. The summed E-state index contributed by atoms with van der Waals surface area (Å²) in [6.07, 6.45) is -0.434. The van der Waals surface area contributed by atoms with Crippen molar-refractivity contribution >= 4 is 17.8 Å². The van der Waals surface area contributed by atoms with Gasteiger partial charge in [-0.05, 0) is 20.8 Å². The number of likely N-dealkylation sites (N-methyl/N-ethyl adjacent to an activating group) is 1. The molecule has 1 atom stereocenters. The third kappa shape index (κ3) is 4.20. The van der Waals surface area contributed by atoms with Crippen molar-refractivity contribution in [2.24, 2.45) is 0 Å². The normalized spacial score (nSPS) is 12.1. The lowest BCUT2D eigenvalue weighted by molar-refractivity contribution is 0.201. The first-order valence-corrected chi connectivity index (χ1v) is 6.59. The first kappa shape index (κ1) is 15.4. The summed E-state index contributed by atoms with van der Waals surface area (Å²) < 4.78 is 0. The van der Waals surface area contributed by atoms with Gasteiger partial charge >= 0.3 is 0 Å². The Balaban J connectivity index is 3.07. The third-order valence-corrected chi connectivity index (χ3v) is 2.76. The minimum Gasteiger partial charge on any atom is -0.392 e. The summed E-state index contributed by atoms with van der Waals surface area (Å²) in [5.74, 6) is 1.74. The predicted molar refractivity (Wildman–Crippen MR) is 77.9 cm³/mol. The van der Waals surface area contributed by atoms with Gasteiger partial charge in [0.25, 0.3) is 0 Å². The lowest BCUT2D eigenvalue weighted by Gasteiger charge is -2.23. The number of anilines is 3. The Morgan fingerprint density at radius 2 is 1.74 bits per heavy atom. The zero-order chi connectivity index (χ0) is 14.4. The van der Waals surface area contributed by atoms with Crippen LogP contribution in [0.1, 0.15) is 20.8 Å². The van der Waals surface area contributed by atoms with Crippen molar-refractivity contribution in [3.63, 3.8) is 0 Å². The molecule has 0 amide bonds. The number of aliphatic hydroxyl groups is 1. The molecular formula is C12H24N6O. The lowest BCUT2D eigenvalue weighted by Crippen LogP contribution is -2.30. The van der Waals surface area contributed by atoms with E-state index in [1.54, 1.807) is 14.0 Å². The maximum absolute atomic E-state index is 9.44. The van der Waals surface area contributed by atoms with Crippen LogP contribution in [0.25, 0.3) is 0 Å². The van der Waals surface area contributed by atoms with Crippen molar-refractivity contribution in [3.05, 3.63) is 0 Å². The van der Waals surface area contributed by atoms with Crippen LogP contribution in [0.15, 0.2) is 0 Å². The van der Waals surface area contributed by atoms with E-state index in [0.717, 1.165) is 13.1 Å². The molecule has 0 aromatic carbocycles. The quantitative estimate of drug-likeness (QED) is 0.749. The third-order valence-electron chi connectivity index (χ3n) is 2.76. The Morgan fingerprint density at radius 3 is 2.21 bits per heavy atom. The van der Waals surface area contributed by atoms with E-state index in [0.29, 0.717) is 24.4 Å². The van der Waals surface area contributed by atoms with Crippen LogP contribution in [0.3, 0.4) is 0 Å². The number of nitrogens with one attached hydrogen (secondary N) is 1. The van der Waals surface area contributed by atoms with Gasteiger partial charge in [0.2, 0.25) is 17.8 Å². The molecular weight excluding hydrogens is 244 g/mol. The van der Waals surface area contributed by atoms with Crippen molar-refractivity contribution in [3.8, 4) is 0 Å². The highest BCUT2D eigenvalue weighted by Gasteiger charge is 2.14. The van der Waals surface area contributed by atoms with Crippen LogP contribution >= 0.6 is 0 Å². The Morgan fingerprint density at radius 1 is 1.16 bits per heavy atom. The van der Waals surface area contributed by atoms with Crippen molar-refractivity contribution < 1.29 is 5.11 Å². The molecule has 0 saturated carbocycles. The molecule has 0 aliphatic heterocycles. The van der Waals surface area contributed by atoms with Gasteiger partial charge in [0, 0.05) is 33.7 Å². The average molecular weight is 268 g/mol. The van der Waals surface area contributed by atoms with Crippen molar-refractivity contribution in [2.45, 2.75) is 26.9 Å². The minimum atomic E-state index is -0.434. The van der Waals surface area contributed by atoms with E-state index in [2.05, 4.69) is 39.0 Å². The van der Waals surface area contributed by atoms with Gasteiger partial charge in [0.1, 0.15) is 0 Å². The molecule has 7 heteroatoms. The first-order valence-electron chi connectivity index (χ1n) is 6.59. The summed E-state index contributed by atoms with van der Waals surface area (Å²) in [5.41, 5.74) is 0. The van der Waals surface area contributed by atoms with Gasteiger partial charge in [0.05, 0.1) is 6.10 Å². The van der Waals surface area contributed by atoms with E-state index in [1.165, 1.54) is 0 Å². The van der Waals surface area contributed by atoms with E-state index in [9.17, 15) is 5.11 Å². The van der Waals surface area contributed by atoms with Gasteiger partial charge in [-0.2, -0.15) is 15.0 Å². The van der Waals surface area contributed by atoms with Gasteiger partial charge in [-0.15, -0.1) is 0 Å². The lowest BCUT2D eigenvalue weighted by atomic mass is 10.4. The number of hydrogen-bond donors (Lipinski definition) is 2. The second kappa shape index (κ2) is 7.08. The topological polar surface area (TPSA) is 77.4 Å². The van der Waals surface area contributed by atoms with Crippen LogP contribution in [0.4, 0.5) is 17.8 Å². The zero-order valence-electron chi connectivity index (χ0n) is 12.4. The summed E-state index contributed by atoms with van der Waals surface area (Å²) in [5, 5.41) is 12.4. The number of aliphatic hydroxyl groups excluding tert-OH is 1. The maximum Gasteiger partial charge on any atom is 0.231 e. The number of hydrogen-bond acceptors (Lipinski definition) is 7. The van der Waals surface area contributed by atoms with Gasteiger partial charge < -0.3 is 20.2 Å². The number of aromatic nitrogens is 3. The standard InChI is InChI=1S/C12H24N6O/c1-6-18(7-2)12-15-10(13-4)14-11(16-12)17(5)8-9(3)19/h9,19H,6-8H2,1-5H3,(H,13,14,15,16). The summed E-state index contributed by atoms with van der Waals surface area (Å²) in [6.45, 7) is 8.01. The van der Waals surface area contributed by atoms with Crippen LogP contribution in [-0.2, 0) is 0 Å². The minimum absolute atomic E-state index is 0.434. The van der Waals surface area contributed by atoms with Crippen LogP contribution < -0.4 is 15.1 Å². The molecule has 1 aromatic heterocycles. The fourth-order valence-electron chi connectivity index (χ4n) is 1.76. The van der Waals surface area contributed by atoms with E-state index >= 15 is 0 Å². The molecule has 0 bridgehead atoms. The van der Waals surface area contributed by atoms with Crippen molar-refractivity contribution in [1.29, 1.82) is 0 Å². The smallest absolute Gasteiger partial charge is 0.231 e. The summed E-state index contributed by atoms with van der Waals surface area (Å²) in [7, 11) is 3.63. The Hall–Kier alpha value is -1.63. The molecule has 0 aliphatic carbocycles. The predicted octanol–water partition coefficient (Wildman–Crippen LogP) is 0.576. The highest BCUT2D eigenvalue weighted by Crippen LogP contribution is 2.15. The van der Waals surface area contributed by atoms with E-state index in [4.69, 9.17) is 0 Å². The SMILES string of the molecule is CCN(CC)c1nc(NC)nc(N(C)CC(C)O)n1. The van der Waals surface area contributed by atoms with Gasteiger partial charge in [-0.3, -0.25) is 0 Å². The molecule has 1 rings (SSSR count). The van der Waals surface area contributed by atoms with E-state index in [1.807, 2.05) is 11.9 Å². The monoisotopic (exact) mass is 268 g/mol. The average Bonchev–Trinajstić information content (AvgIpc) is 2.39. The van der Waals surface area contributed by atoms with Crippen LogP contribution in [0.2, 0.25) is 0 Å². The molecule has 0 saturated heterocycles. The van der Waals surface area contributed by atoms with Crippen molar-refractivity contribution in [1.82, 2.24) is 15.0 Å². The second-order valence-corrected chi connectivity index (χ2v) is 4.41. The van der Waals surface area contributed by atoms with E-state index < -0.39 is 6.10 Å². The molecule has 7 nitrogen and oxygen atoms in total.